The van der Waals surface area contributed by atoms with E-state index in [1.807, 2.05) is 36.1 Å². The smallest absolute Gasteiger partial charge is 0.260 e. The first kappa shape index (κ1) is 15.3. The second-order valence-electron chi connectivity index (χ2n) is 6.47. The summed E-state index contributed by atoms with van der Waals surface area (Å²) in [5, 5.41) is 0. The summed E-state index contributed by atoms with van der Waals surface area (Å²) in [7, 11) is 0. The van der Waals surface area contributed by atoms with Crippen LogP contribution in [0.2, 0.25) is 0 Å². The van der Waals surface area contributed by atoms with Gasteiger partial charge < -0.3 is 14.4 Å². The lowest BCUT2D eigenvalue weighted by atomic mass is 9.84. The van der Waals surface area contributed by atoms with Gasteiger partial charge in [-0.25, -0.2) is 0 Å². The van der Waals surface area contributed by atoms with Crippen LogP contribution in [0.5, 0.6) is 5.75 Å². The predicted octanol–water partition coefficient (Wildman–Crippen LogP) is 2.94. The highest BCUT2D eigenvalue weighted by Gasteiger charge is 2.37. The van der Waals surface area contributed by atoms with E-state index < -0.39 is 0 Å². The van der Waals surface area contributed by atoms with Gasteiger partial charge in [0.25, 0.3) is 5.91 Å². The van der Waals surface area contributed by atoms with E-state index >= 15 is 0 Å². The van der Waals surface area contributed by atoms with E-state index in [0.717, 1.165) is 44.7 Å². The second-order valence-corrected chi connectivity index (χ2v) is 6.47. The number of amides is 1. The van der Waals surface area contributed by atoms with Gasteiger partial charge in [0.15, 0.2) is 6.61 Å². The van der Waals surface area contributed by atoms with E-state index in [1.165, 1.54) is 18.4 Å². The molecule has 2 aliphatic heterocycles. The molecule has 22 heavy (non-hydrogen) atoms. The van der Waals surface area contributed by atoms with Gasteiger partial charge in [-0.15, -0.1) is 0 Å². The molecule has 2 aliphatic rings. The summed E-state index contributed by atoms with van der Waals surface area (Å²) in [5.74, 6) is 0.828. The number of piperidine rings is 1. The summed E-state index contributed by atoms with van der Waals surface area (Å²) in [6, 6.07) is 7.79. The predicted molar refractivity (Wildman–Crippen MR) is 85.0 cm³/mol. The van der Waals surface area contributed by atoms with Crippen molar-refractivity contribution in [2.75, 3.05) is 26.3 Å². The Labute approximate surface area is 132 Å². The Hall–Kier alpha value is -1.55. The third-order valence-electron chi connectivity index (χ3n) is 4.85. The molecule has 1 spiro atoms. The summed E-state index contributed by atoms with van der Waals surface area (Å²) in [4.78, 5) is 14.2. The van der Waals surface area contributed by atoms with Gasteiger partial charge in [-0.1, -0.05) is 17.7 Å². The highest BCUT2D eigenvalue weighted by molar-refractivity contribution is 5.77. The molecule has 0 N–H and O–H groups in total. The van der Waals surface area contributed by atoms with Crippen LogP contribution in [0.15, 0.2) is 24.3 Å². The Bertz CT molecular complexity index is 496. The van der Waals surface area contributed by atoms with Crippen LogP contribution in [0.25, 0.3) is 0 Å². The van der Waals surface area contributed by atoms with E-state index in [2.05, 4.69) is 0 Å². The minimum absolute atomic E-state index is 0.0485. The molecule has 1 amide bonds. The van der Waals surface area contributed by atoms with Crippen molar-refractivity contribution in [1.82, 2.24) is 4.90 Å². The molecule has 3 rings (SSSR count). The van der Waals surface area contributed by atoms with Crippen molar-refractivity contribution >= 4 is 5.91 Å². The average molecular weight is 303 g/mol. The first-order valence-electron chi connectivity index (χ1n) is 8.28. The van der Waals surface area contributed by atoms with Crippen molar-refractivity contribution in [3.05, 3.63) is 29.8 Å². The maximum atomic E-state index is 12.3. The molecule has 1 aromatic carbocycles. The maximum absolute atomic E-state index is 12.3. The van der Waals surface area contributed by atoms with E-state index in [9.17, 15) is 4.79 Å². The molecule has 0 radical (unpaired) electrons. The first-order valence-corrected chi connectivity index (χ1v) is 8.28. The fourth-order valence-electron chi connectivity index (χ4n) is 3.34. The van der Waals surface area contributed by atoms with E-state index in [-0.39, 0.29) is 18.1 Å². The Morgan fingerprint density at radius 2 is 1.91 bits per heavy atom. The van der Waals surface area contributed by atoms with Crippen LogP contribution in [0.1, 0.15) is 37.7 Å². The topological polar surface area (TPSA) is 38.8 Å². The number of likely N-dealkylation sites (tertiary alicyclic amines) is 1. The summed E-state index contributed by atoms with van der Waals surface area (Å²) in [5.41, 5.74) is 1.24. The van der Waals surface area contributed by atoms with Crippen molar-refractivity contribution in [1.29, 1.82) is 0 Å². The molecule has 2 fully saturated rings. The van der Waals surface area contributed by atoms with Crippen LogP contribution in [-0.2, 0) is 9.53 Å². The monoisotopic (exact) mass is 303 g/mol. The van der Waals surface area contributed by atoms with Crippen molar-refractivity contribution in [2.24, 2.45) is 0 Å². The van der Waals surface area contributed by atoms with Crippen LogP contribution in [0, 0.1) is 6.92 Å². The number of benzene rings is 1. The zero-order valence-electron chi connectivity index (χ0n) is 13.3. The quantitative estimate of drug-likeness (QED) is 0.862. The van der Waals surface area contributed by atoms with Crippen LogP contribution in [0.4, 0.5) is 0 Å². The molecule has 0 aromatic heterocycles. The maximum Gasteiger partial charge on any atom is 0.260 e. The van der Waals surface area contributed by atoms with Crippen molar-refractivity contribution in [3.63, 3.8) is 0 Å². The fourth-order valence-corrected chi connectivity index (χ4v) is 3.34. The molecular weight excluding hydrogens is 278 g/mol. The number of hydrogen-bond acceptors (Lipinski definition) is 3. The van der Waals surface area contributed by atoms with E-state index in [0.29, 0.717) is 0 Å². The number of ether oxygens (including phenoxy) is 2. The highest BCUT2D eigenvalue weighted by atomic mass is 16.5. The molecule has 0 unspecified atom stereocenters. The molecule has 0 aliphatic carbocycles. The number of rotatable bonds is 3. The standard InChI is InChI=1S/C18H25NO3/c1-15-4-6-16(7-5-15)21-14-17(20)19-11-9-18(10-12-19)8-2-3-13-22-18/h4-7H,2-3,8-14H2,1H3. The third kappa shape index (κ3) is 3.61. The lowest BCUT2D eigenvalue weighted by Crippen LogP contribution is -2.50. The molecule has 2 heterocycles. The molecule has 0 atom stereocenters. The number of carbonyl (C=O) groups is 1. The Kier molecular flexibility index (Phi) is 4.67. The van der Waals surface area contributed by atoms with Crippen LogP contribution >= 0.6 is 0 Å². The van der Waals surface area contributed by atoms with Crippen molar-refractivity contribution in [2.45, 2.75) is 44.6 Å². The Balaban J connectivity index is 1.46. The summed E-state index contributed by atoms with van der Waals surface area (Å²) in [6.07, 6.45) is 5.50. The SMILES string of the molecule is Cc1ccc(OCC(=O)N2CCC3(CCCCO3)CC2)cc1. The van der Waals surface area contributed by atoms with E-state index in [4.69, 9.17) is 9.47 Å². The van der Waals surface area contributed by atoms with Crippen LogP contribution < -0.4 is 4.74 Å². The normalized spacial score (nSPS) is 20.9. The zero-order valence-corrected chi connectivity index (χ0v) is 13.3. The molecule has 0 bridgehead atoms. The number of nitrogens with zero attached hydrogens (tertiary/aromatic N) is 1. The second kappa shape index (κ2) is 6.69. The first-order chi connectivity index (χ1) is 10.7. The molecule has 4 nitrogen and oxygen atoms in total. The van der Waals surface area contributed by atoms with Crippen molar-refractivity contribution in [3.8, 4) is 5.75 Å². The van der Waals surface area contributed by atoms with Crippen LogP contribution in [0.3, 0.4) is 0 Å². The van der Waals surface area contributed by atoms with Gasteiger partial charge in [0.2, 0.25) is 0 Å². The lowest BCUT2D eigenvalue weighted by molar-refractivity contribution is -0.144. The summed E-state index contributed by atoms with van der Waals surface area (Å²) < 4.78 is 11.6. The zero-order chi connectivity index (χ0) is 15.4. The molecular formula is C18H25NO3. The van der Waals surface area contributed by atoms with Crippen LogP contribution in [-0.4, -0.2) is 42.7 Å². The van der Waals surface area contributed by atoms with Gasteiger partial charge in [0.1, 0.15) is 5.75 Å². The Morgan fingerprint density at radius 1 is 1.18 bits per heavy atom. The summed E-state index contributed by atoms with van der Waals surface area (Å²) in [6.45, 7) is 4.61. The van der Waals surface area contributed by atoms with Gasteiger partial charge in [-0.05, 0) is 51.2 Å². The molecule has 0 saturated carbocycles. The largest absolute Gasteiger partial charge is 0.484 e. The molecule has 4 heteroatoms. The molecule has 1 aromatic rings. The molecule has 2 saturated heterocycles. The fraction of sp³-hybridized carbons (Fsp3) is 0.611. The van der Waals surface area contributed by atoms with Gasteiger partial charge in [0, 0.05) is 19.7 Å². The van der Waals surface area contributed by atoms with Gasteiger partial charge in [0.05, 0.1) is 5.60 Å². The Morgan fingerprint density at radius 3 is 2.55 bits per heavy atom. The number of hydrogen-bond donors (Lipinski definition) is 0. The van der Waals surface area contributed by atoms with Gasteiger partial charge >= 0.3 is 0 Å². The minimum atomic E-state index is 0.0485. The number of aryl methyl sites for hydroxylation is 1. The summed E-state index contributed by atoms with van der Waals surface area (Å²) >= 11 is 0. The van der Waals surface area contributed by atoms with Gasteiger partial charge in [-0.3, -0.25) is 4.79 Å². The minimum Gasteiger partial charge on any atom is -0.484 e. The number of carbonyl (C=O) groups excluding carboxylic acids is 1. The van der Waals surface area contributed by atoms with Crippen molar-refractivity contribution < 1.29 is 14.3 Å². The lowest BCUT2D eigenvalue weighted by Gasteiger charge is -2.43. The molecule has 120 valence electrons. The van der Waals surface area contributed by atoms with E-state index in [1.54, 1.807) is 0 Å². The highest BCUT2D eigenvalue weighted by Crippen LogP contribution is 2.34. The van der Waals surface area contributed by atoms with Gasteiger partial charge in [-0.2, -0.15) is 0 Å². The average Bonchev–Trinajstić information content (AvgIpc) is 2.55. The third-order valence-corrected chi connectivity index (χ3v) is 4.85.